The molecule has 0 aliphatic carbocycles. The van der Waals surface area contributed by atoms with Gasteiger partial charge in [0.25, 0.3) is 0 Å². The van der Waals surface area contributed by atoms with E-state index in [1.807, 2.05) is 18.2 Å². The van der Waals surface area contributed by atoms with Gasteiger partial charge in [0.2, 0.25) is 0 Å². The Morgan fingerprint density at radius 1 is 1.23 bits per heavy atom. The number of cyclic esters (lactones) is 1. The molecule has 0 amide bonds. The lowest BCUT2D eigenvalue weighted by atomic mass is 9.96. The van der Waals surface area contributed by atoms with Gasteiger partial charge in [-0.3, -0.25) is 0 Å². The molecule has 2 heterocycles. The fourth-order valence-electron chi connectivity index (χ4n) is 3.92. The van der Waals surface area contributed by atoms with Crippen LogP contribution in [-0.4, -0.2) is 31.5 Å². The van der Waals surface area contributed by atoms with Crippen molar-refractivity contribution < 1.29 is 27.4 Å². The van der Waals surface area contributed by atoms with Crippen LogP contribution in [0.3, 0.4) is 0 Å². The largest absolute Gasteiger partial charge is 0.573 e. The summed E-state index contributed by atoms with van der Waals surface area (Å²) in [7, 11) is 0. The molecule has 1 unspecified atom stereocenters. The number of anilines is 1. The Morgan fingerprint density at radius 3 is 2.63 bits per heavy atom. The molecule has 2 aliphatic rings. The Kier molecular flexibility index (Phi) is 6.19. The summed E-state index contributed by atoms with van der Waals surface area (Å²) in [4.78, 5) is 14.5. The van der Waals surface area contributed by atoms with Crippen LogP contribution >= 0.6 is 12.4 Å². The summed E-state index contributed by atoms with van der Waals surface area (Å²) in [6, 6.07) is 9.99. The Balaban J connectivity index is 0.00000256. The normalized spacial score (nSPS) is 20.6. The quantitative estimate of drug-likeness (QED) is 0.715. The highest BCUT2D eigenvalue weighted by Gasteiger charge is 2.33. The van der Waals surface area contributed by atoms with Crippen molar-refractivity contribution in [2.75, 3.05) is 18.0 Å². The second kappa shape index (κ2) is 8.35. The predicted molar refractivity (Wildman–Crippen MR) is 108 cm³/mol. The van der Waals surface area contributed by atoms with Crippen LogP contribution in [0.5, 0.6) is 5.75 Å². The molecule has 5 nitrogen and oxygen atoms in total. The van der Waals surface area contributed by atoms with Crippen molar-refractivity contribution in [3.8, 4) is 5.75 Å². The maximum Gasteiger partial charge on any atom is 0.573 e. The van der Waals surface area contributed by atoms with Gasteiger partial charge in [0.1, 0.15) is 11.9 Å². The van der Waals surface area contributed by atoms with Crippen LogP contribution < -0.4 is 15.4 Å². The van der Waals surface area contributed by atoms with Gasteiger partial charge in [0.15, 0.2) is 0 Å². The molecule has 0 bridgehead atoms. The van der Waals surface area contributed by atoms with E-state index in [0.29, 0.717) is 17.5 Å². The first-order valence-electron chi connectivity index (χ1n) is 9.40. The molecule has 2 aromatic carbocycles. The minimum Gasteiger partial charge on any atom is -0.454 e. The van der Waals surface area contributed by atoms with Gasteiger partial charge >= 0.3 is 12.3 Å². The van der Waals surface area contributed by atoms with Crippen LogP contribution in [-0.2, 0) is 11.2 Å². The fourth-order valence-corrected chi connectivity index (χ4v) is 3.92. The highest BCUT2D eigenvalue weighted by molar-refractivity contribution is 5.95. The highest BCUT2D eigenvalue weighted by atomic mass is 35.5. The molecule has 0 spiro atoms. The highest BCUT2D eigenvalue weighted by Crippen LogP contribution is 2.37. The summed E-state index contributed by atoms with van der Waals surface area (Å²) < 4.78 is 46.7. The zero-order valence-corrected chi connectivity index (χ0v) is 17.1. The minimum absolute atomic E-state index is 0. The number of carbonyl (C=O) groups is 1. The molecule has 4 rings (SSSR count). The molecule has 2 aliphatic heterocycles. The van der Waals surface area contributed by atoms with Crippen molar-refractivity contribution in [3.63, 3.8) is 0 Å². The number of esters is 1. The number of hydrogen-bond acceptors (Lipinski definition) is 5. The average Bonchev–Trinajstić information content (AvgIpc) is 3.20. The number of rotatable bonds is 4. The van der Waals surface area contributed by atoms with Crippen LogP contribution in [0.15, 0.2) is 36.4 Å². The van der Waals surface area contributed by atoms with Crippen molar-refractivity contribution >= 4 is 24.1 Å². The number of nitrogens with zero attached hydrogens (tertiary/aromatic N) is 1. The van der Waals surface area contributed by atoms with Gasteiger partial charge in [-0.15, -0.1) is 25.6 Å². The van der Waals surface area contributed by atoms with E-state index in [0.717, 1.165) is 36.3 Å². The lowest BCUT2D eigenvalue weighted by molar-refractivity contribution is -0.274. The van der Waals surface area contributed by atoms with Crippen molar-refractivity contribution in [3.05, 3.63) is 58.7 Å². The Morgan fingerprint density at radius 2 is 2.00 bits per heavy atom. The van der Waals surface area contributed by atoms with Gasteiger partial charge in [0, 0.05) is 36.8 Å². The molecule has 9 heteroatoms. The zero-order valence-electron chi connectivity index (χ0n) is 16.2. The van der Waals surface area contributed by atoms with Crippen LogP contribution in [0.25, 0.3) is 0 Å². The number of benzene rings is 2. The third kappa shape index (κ3) is 4.65. The van der Waals surface area contributed by atoms with E-state index in [-0.39, 0.29) is 30.2 Å². The van der Waals surface area contributed by atoms with Crippen molar-refractivity contribution in [1.29, 1.82) is 0 Å². The summed E-state index contributed by atoms with van der Waals surface area (Å²) in [5.41, 5.74) is 9.66. The second-order valence-corrected chi connectivity index (χ2v) is 7.50. The Bertz CT molecular complexity index is 952. The van der Waals surface area contributed by atoms with Gasteiger partial charge < -0.3 is 20.1 Å². The second-order valence-electron chi connectivity index (χ2n) is 7.50. The first kappa shape index (κ1) is 22.2. The number of carbonyl (C=O) groups excluding carboxylic acids is 1. The van der Waals surface area contributed by atoms with Crippen molar-refractivity contribution in [2.24, 2.45) is 5.73 Å². The number of hydrogen-bond donors (Lipinski definition) is 1. The van der Waals surface area contributed by atoms with E-state index in [9.17, 15) is 18.0 Å². The molecule has 2 aromatic rings. The average molecular weight is 443 g/mol. The third-order valence-electron chi connectivity index (χ3n) is 5.40. The van der Waals surface area contributed by atoms with E-state index in [4.69, 9.17) is 10.5 Å². The minimum atomic E-state index is -4.73. The summed E-state index contributed by atoms with van der Waals surface area (Å²) in [5.74, 6) is -0.652. The first-order valence-corrected chi connectivity index (χ1v) is 9.40. The Labute approximate surface area is 178 Å². The molecule has 30 heavy (non-hydrogen) atoms. The predicted octanol–water partition coefficient (Wildman–Crippen LogP) is 4.31. The molecule has 1 saturated heterocycles. The summed E-state index contributed by atoms with van der Waals surface area (Å²) in [6.07, 6.45) is -3.91. The zero-order chi connectivity index (χ0) is 20.8. The standard InChI is InChI=1S/C21H21F3N2O3.ClH/c1-12-8-16(29-21(22,23)24)4-2-13(12)9-19-17-5-3-15(10-18(17)20(27)28-19)26-7-6-14(25)11-26;/h2-5,8,10,14,19H,6-7,9,11,25H2,1H3;1H/t14-,19?;/m1./s1. The van der Waals surface area contributed by atoms with Crippen molar-refractivity contribution in [2.45, 2.75) is 38.3 Å². The number of halogens is 4. The van der Waals surface area contributed by atoms with Crippen LogP contribution in [0, 0.1) is 6.92 Å². The summed E-state index contributed by atoms with van der Waals surface area (Å²) in [5, 5.41) is 0. The van der Waals surface area contributed by atoms with E-state index in [2.05, 4.69) is 9.64 Å². The molecule has 2 atom stereocenters. The number of fused-ring (bicyclic) bond motifs is 1. The lowest BCUT2D eigenvalue weighted by Gasteiger charge is -2.19. The molecular weight excluding hydrogens is 421 g/mol. The summed E-state index contributed by atoms with van der Waals surface area (Å²) in [6.45, 7) is 3.31. The maximum atomic E-state index is 12.4. The SMILES string of the molecule is Cc1cc(OC(F)(F)F)ccc1CC1OC(=O)c2cc(N3CC[C@@H](N)C3)ccc21.Cl. The van der Waals surface area contributed by atoms with Crippen LogP contribution in [0.1, 0.15) is 39.6 Å². The number of aryl methyl sites for hydroxylation is 1. The Hall–Kier alpha value is -2.45. The van der Waals surface area contributed by atoms with Crippen LogP contribution in [0.4, 0.5) is 18.9 Å². The van der Waals surface area contributed by atoms with Gasteiger partial charge in [-0.25, -0.2) is 4.79 Å². The molecule has 0 aromatic heterocycles. The maximum absolute atomic E-state index is 12.4. The lowest BCUT2D eigenvalue weighted by Crippen LogP contribution is -2.26. The van der Waals surface area contributed by atoms with E-state index < -0.39 is 12.5 Å². The van der Waals surface area contributed by atoms with E-state index in [1.54, 1.807) is 13.0 Å². The van der Waals surface area contributed by atoms with E-state index in [1.165, 1.54) is 12.1 Å². The molecular formula is C21H22ClF3N2O3. The topological polar surface area (TPSA) is 64.8 Å². The van der Waals surface area contributed by atoms with Gasteiger partial charge in [-0.1, -0.05) is 12.1 Å². The molecule has 2 N–H and O–H groups in total. The molecule has 0 radical (unpaired) electrons. The molecule has 1 fully saturated rings. The van der Waals surface area contributed by atoms with Crippen molar-refractivity contribution in [1.82, 2.24) is 0 Å². The van der Waals surface area contributed by atoms with Gasteiger partial charge in [0.05, 0.1) is 5.56 Å². The first-order chi connectivity index (χ1) is 13.7. The third-order valence-corrected chi connectivity index (χ3v) is 5.40. The molecule has 0 saturated carbocycles. The van der Waals surface area contributed by atoms with Gasteiger partial charge in [-0.2, -0.15) is 0 Å². The fraction of sp³-hybridized carbons (Fsp3) is 0.381. The number of ether oxygens (including phenoxy) is 2. The van der Waals surface area contributed by atoms with Crippen LogP contribution in [0.2, 0.25) is 0 Å². The number of alkyl halides is 3. The smallest absolute Gasteiger partial charge is 0.454 e. The molecule has 162 valence electrons. The monoisotopic (exact) mass is 442 g/mol. The van der Waals surface area contributed by atoms with E-state index >= 15 is 0 Å². The van der Waals surface area contributed by atoms with Gasteiger partial charge in [-0.05, 0) is 48.7 Å². The number of nitrogens with two attached hydrogens (primary N) is 1. The summed E-state index contributed by atoms with van der Waals surface area (Å²) >= 11 is 0.